The molecule has 0 unspecified atom stereocenters. The molecule has 1 saturated heterocycles. The normalized spacial score (nSPS) is 19.3. The molecule has 1 aliphatic rings. The van der Waals surface area contributed by atoms with Gasteiger partial charge in [-0.15, -0.1) is 0 Å². The second kappa shape index (κ2) is 45.5. The van der Waals surface area contributed by atoms with E-state index in [1.54, 1.807) is 0 Å². The smallest absolute Gasteiger partial charge is 0.261 e. The minimum absolute atomic E-state index is 0.0852. The molecule has 1 fully saturated rings. The monoisotopic (exact) mass is 1060 g/mol. The molecule has 0 aliphatic carbocycles. The Morgan fingerprint density at radius 1 is 0.541 bits per heavy atom. The molecule has 1 heterocycles. The van der Waals surface area contributed by atoms with Crippen LogP contribution in [0, 0.1) is 0 Å². The molecule has 0 spiro atoms. The average Bonchev–Trinajstić information content (AvgIpc) is 3.38. The zero-order valence-corrected chi connectivity index (χ0v) is 49.5. The van der Waals surface area contributed by atoms with E-state index in [0.29, 0.717) is 13.0 Å². The van der Waals surface area contributed by atoms with Crippen molar-refractivity contribution in [3.8, 4) is 0 Å². The van der Waals surface area contributed by atoms with E-state index in [0.717, 1.165) is 48.9 Å². The number of aliphatic hydroxyl groups excluding tert-OH is 5. The Balaban J connectivity index is 1.77. The Bertz CT molecular complexity index is 1430. The number of benzene rings is 1. The minimum atomic E-state index is -1.57. The topological polar surface area (TPSA) is 153 Å². The molecule has 7 N–H and O–H groups in total. The SMILES string of the molecule is CCCCCCCCCCCCCCCCCCCCCCCCCCN[C@@H](CO[C@@H]1O[C@H](COC(=S)Nc2c(C(C)C)cccc2C(C)C)[C@H](O)[C@H](O)[C@H]1O)[C@H](O)[C@H](O)CCCCCCCCCCCCCC. The number of hydrogen-bond donors (Lipinski definition) is 7. The summed E-state index contributed by atoms with van der Waals surface area (Å²) in [6.45, 7) is 13.4. The van der Waals surface area contributed by atoms with Gasteiger partial charge in [0.05, 0.1) is 24.9 Å². The summed E-state index contributed by atoms with van der Waals surface area (Å²) >= 11 is 5.60. The summed E-state index contributed by atoms with van der Waals surface area (Å²) in [7, 11) is 0. The van der Waals surface area contributed by atoms with Crippen LogP contribution in [0.25, 0.3) is 0 Å². The molecular weight excluding hydrogens is 945 g/mol. The third kappa shape index (κ3) is 31.9. The summed E-state index contributed by atoms with van der Waals surface area (Å²) in [4.78, 5) is 0. The van der Waals surface area contributed by atoms with Gasteiger partial charge in [0.1, 0.15) is 31.0 Å². The Morgan fingerprint density at radius 2 is 0.919 bits per heavy atom. The highest BCUT2D eigenvalue weighted by Crippen LogP contribution is 2.33. The van der Waals surface area contributed by atoms with E-state index in [-0.39, 0.29) is 30.2 Å². The molecule has 0 bridgehead atoms. The third-order valence-electron chi connectivity index (χ3n) is 15.7. The number of para-hydroxylation sites is 1. The molecule has 0 amide bonds. The maximum Gasteiger partial charge on any atom is 0.261 e. The molecule has 0 aromatic heterocycles. The second-order valence-electron chi connectivity index (χ2n) is 23.1. The van der Waals surface area contributed by atoms with E-state index in [4.69, 9.17) is 26.4 Å². The van der Waals surface area contributed by atoms with Crippen LogP contribution < -0.4 is 10.6 Å². The van der Waals surface area contributed by atoms with Gasteiger partial charge in [-0.3, -0.25) is 0 Å². The zero-order valence-electron chi connectivity index (χ0n) is 48.7. The van der Waals surface area contributed by atoms with Crippen molar-refractivity contribution in [2.45, 2.75) is 340 Å². The average molecular weight is 1060 g/mol. The van der Waals surface area contributed by atoms with Gasteiger partial charge in [0.2, 0.25) is 0 Å². The lowest BCUT2D eigenvalue weighted by molar-refractivity contribution is -0.302. The van der Waals surface area contributed by atoms with Gasteiger partial charge in [-0.2, -0.15) is 0 Å². The van der Waals surface area contributed by atoms with E-state index in [1.807, 2.05) is 6.07 Å². The molecule has 2 rings (SSSR count). The molecule has 1 aromatic carbocycles. The molecule has 1 aromatic rings. The molecule has 434 valence electrons. The van der Waals surface area contributed by atoms with Gasteiger partial charge in [-0.25, -0.2) is 0 Å². The van der Waals surface area contributed by atoms with E-state index < -0.39 is 49.0 Å². The first-order chi connectivity index (χ1) is 35.9. The number of aliphatic hydroxyl groups is 5. The number of thiocarbonyl (C=S) groups is 1. The van der Waals surface area contributed by atoms with E-state index in [2.05, 4.69) is 64.3 Å². The van der Waals surface area contributed by atoms with Crippen molar-refractivity contribution in [1.29, 1.82) is 0 Å². The fourth-order valence-corrected chi connectivity index (χ4v) is 10.8. The van der Waals surface area contributed by atoms with Gasteiger partial charge in [0.15, 0.2) is 6.29 Å². The van der Waals surface area contributed by atoms with Crippen LogP contribution in [0.2, 0.25) is 0 Å². The molecule has 0 radical (unpaired) electrons. The zero-order chi connectivity index (χ0) is 54.0. The molecule has 74 heavy (non-hydrogen) atoms. The van der Waals surface area contributed by atoms with Crippen LogP contribution in [-0.2, 0) is 14.2 Å². The van der Waals surface area contributed by atoms with Gasteiger partial charge >= 0.3 is 0 Å². The number of rotatable bonds is 49. The second-order valence-corrected chi connectivity index (χ2v) is 23.5. The van der Waals surface area contributed by atoms with Crippen LogP contribution in [0.15, 0.2) is 18.2 Å². The lowest BCUT2D eigenvalue weighted by atomic mass is 9.93. The van der Waals surface area contributed by atoms with Crippen LogP contribution in [-0.4, -0.2) is 99.4 Å². The first-order valence-corrected chi connectivity index (χ1v) is 31.8. The molecule has 8 atom stereocenters. The lowest BCUT2D eigenvalue weighted by Gasteiger charge is -2.40. The summed E-state index contributed by atoms with van der Waals surface area (Å²) in [5.74, 6) is 0.486. The van der Waals surface area contributed by atoms with Crippen molar-refractivity contribution in [3.05, 3.63) is 29.3 Å². The quantitative estimate of drug-likeness (QED) is 0.0247. The number of hydrogen-bond acceptors (Lipinski definition) is 10. The van der Waals surface area contributed by atoms with Crippen molar-refractivity contribution in [2.24, 2.45) is 0 Å². The summed E-state index contributed by atoms with van der Waals surface area (Å²) in [5, 5.41) is 62.5. The van der Waals surface area contributed by atoms with Crippen LogP contribution in [0.5, 0.6) is 0 Å². The first kappa shape index (κ1) is 68.7. The number of nitrogens with one attached hydrogen (secondary N) is 2. The standard InChI is InChI=1S/C63H118N2O8S/c1-7-9-11-13-15-17-19-21-22-23-24-25-26-27-28-29-30-31-32-34-36-38-40-42-47-64-54(58(67)55(66)46-41-39-37-35-33-20-18-16-14-12-10-8-2)48-71-62-61(70)60(69)59(68)56(73-62)49-72-63(74)65-57-52(50(3)4)44-43-45-53(57)51(5)6/h43-45,50-51,54-56,58-62,64,66-70H,7-42,46-49H2,1-6H3,(H,65,74)/t54-,55+,56+,58-,59-,60-,61+,62+/m0/s1. The van der Waals surface area contributed by atoms with Crippen molar-refractivity contribution < 1.29 is 39.7 Å². The van der Waals surface area contributed by atoms with Gasteiger partial charge in [-0.05, 0) is 54.6 Å². The number of ether oxygens (including phenoxy) is 3. The highest BCUT2D eigenvalue weighted by Gasteiger charge is 2.45. The van der Waals surface area contributed by atoms with Crippen LogP contribution in [0.1, 0.15) is 302 Å². The summed E-state index contributed by atoms with van der Waals surface area (Å²) in [6.07, 6.45) is 38.5. The molecule has 11 heteroatoms. The molecule has 1 aliphatic heterocycles. The Kier molecular flexibility index (Phi) is 42.2. The fourth-order valence-electron chi connectivity index (χ4n) is 10.7. The minimum Gasteiger partial charge on any atom is -0.468 e. The molecule has 0 saturated carbocycles. The van der Waals surface area contributed by atoms with E-state index in [9.17, 15) is 25.5 Å². The molecule has 10 nitrogen and oxygen atoms in total. The van der Waals surface area contributed by atoms with Crippen LogP contribution in [0.3, 0.4) is 0 Å². The maximum atomic E-state index is 11.5. The number of unbranched alkanes of at least 4 members (excludes halogenated alkanes) is 34. The predicted molar refractivity (Wildman–Crippen MR) is 315 cm³/mol. The third-order valence-corrected chi connectivity index (χ3v) is 15.9. The van der Waals surface area contributed by atoms with Gasteiger partial charge in [0, 0.05) is 5.69 Å². The Morgan fingerprint density at radius 3 is 1.31 bits per heavy atom. The maximum absolute atomic E-state index is 11.5. The largest absolute Gasteiger partial charge is 0.468 e. The number of anilines is 1. The highest BCUT2D eigenvalue weighted by molar-refractivity contribution is 7.80. The summed E-state index contributed by atoms with van der Waals surface area (Å²) < 4.78 is 18.1. The molecular formula is C63H118N2O8S. The summed E-state index contributed by atoms with van der Waals surface area (Å²) in [5.41, 5.74) is 3.11. The van der Waals surface area contributed by atoms with Crippen molar-refractivity contribution in [1.82, 2.24) is 5.32 Å². The highest BCUT2D eigenvalue weighted by atomic mass is 32.1. The lowest BCUT2D eigenvalue weighted by Crippen LogP contribution is -2.60. The predicted octanol–water partition coefficient (Wildman–Crippen LogP) is 15.6. The van der Waals surface area contributed by atoms with Crippen molar-refractivity contribution >= 4 is 23.1 Å². The first-order valence-electron chi connectivity index (χ1n) is 31.4. The van der Waals surface area contributed by atoms with Gasteiger partial charge in [-0.1, -0.05) is 284 Å². The van der Waals surface area contributed by atoms with E-state index in [1.165, 1.54) is 199 Å². The van der Waals surface area contributed by atoms with Crippen molar-refractivity contribution in [2.75, 3.05) is 25.1 Å². The summed E-state index contributed by atoms with van der Waals surface area (Å²) in [6, 6.07) is 5.53. The Hall–Kier alpha value is -1.41. The van der Waals surface area contributed by atoms with Crippen LogP contribution in [0.4, 0.5) is 5.69 Å². The van der Waals surface area contributed by atoms with Crippen LogP contribution >= 0.6 is 12.2 Å². The Labute approximate surface area is 460 Å². The van der Waals surface area contributed by atoms with Crippen molar-refractivity contribution in [3.63, 3.8) is 0 Å². The fraction of sp³-hybridized carbons (Fsp3) is 0.889. The van der Waals surface area contributed by atoms with Gasteiger partial charge in [0.25, 0.3) is 5.17 Å². The van der Waals surface area contributed by atoms with E-state index >= 15 is 0 Å². The van der Waals surface area contributed by atoms with Gasteiger partial charge < -0.3 is 50.4 Å².